The Balaban J connectivity index is 1.62. The Morgan fingerprint density at radius 1 is 1.24 bits per heavy atom. The summed E-state index contributed by atoms with van der Waals surface area (Å²) in [6, 6.07) is 8.93. The van der Waals surface area contributed by atoms with Crippen molar-refractivity contribution in [1.82, 2.24) is 19.7 Å². The van der Waals surface area contributed by atoms with Gasteiger partial charge in [0.2, 0.25) is 5.82 Å². The van der Waals surface area contributed by atoms with Crippen molar-refractivity contribution in [3.05, 3.63) is 47.5 Å². The lowest BCUT2D eigenvalue weighted by molar-refractivity contribution is -0.0562. The SMILES string of the molecule is O=C(c1nc2n(n1)C(c1ccccc1)CC2F)N1CCCC(F)(F)C1. The van der Waals surface area contributed by atoms with Crippen LogP contribution >= 0.6 is 0 Å². The Morgan fingerprint density at radius 2 is 2.00 bits per heavy atom. The number of carbonyl (C=O) groups excluding carboxylic acids is 1. The van der Waals surface area contributed by atoms with Gasteiger partial charge in [-0.15, -0.1) is 5.10 Å². The van der Waals surface area contributed by atoms with E-state index in [-0.39, 0.29) is 43.5 Å². The van der Waals surface area contributed by atoms with Gasteiger partial charge in [0, 0.05) is 19.4 Å². The molecule has 0 spiro atoms. The molecule has 4 rings (SSSR count). The molecule has 0 bridgehead atoms. The van der Waals surface area contributed by atoms with Gasteiger partial charge in [-0.3, -0.25) is 4.79 Å². The smallest absolute Gasteiger partial charge is 0.293 e. The van der Waals surface area contributed by atoms with E-state index in [2.05, 4.69) is 10.1 Å². The topological polar surface area (TPSA) is 51.0 Å². The molecule has 3 heterocycles. The number of alkyl halides is 3. The lowest BCUT2D eigenvalue weighted by Crippen LogP contribution is -2.46. The molecule has 2 aromatic rings. The van der Waals surface area contributed by atoms with Gasteiger partial charge in [-0.1, -0.05) is 30.3 Å². The Morgan fingerprint density at radius 3 is 2.72 bits per heavy atom. The number of halogens is 3. The second kappa shape index (κ2) is 5.86. The summed E-state index contributed by atoms with van der Waals surface area (Å²) in [5, 5.41) is 4.15. The number of nitrogens with zero attached hydrogens (tertiary/aromatic N) is 4. The highest BCUT2D eigenvalue weighted by Crippen LogP contribution is 2.39. The highest BCUT2D eigenvalue weighted by molar-refractivity contribution is 5.90. The highest BCUT2D eigenvalue weighted by Gasteiger charge is 2.40. The minimum Gasteiger partial charge on any atom is -0.330 e. The predicted octanol–water partition coefficient (Wildman–Crippen LogP) is 3.15. The van der Waals surface area contributed by atoms with E-state index >= 15 is 0 Å². The van der Waals surface area contributed by atoms with Gasteiger partial charge in [-0.2, -0.15) is 0 Å². The van der Waals surface area contributed by atoms with E-state index in [4.69, 9.17) is 0 Å². The first-order chi connectivity index (χ1) is 11.9. The monoisotopic (exact) mass is 350 g/mol. The zero-order chi connectivity index (χ0) is 17.6. The molecule has 0 aliphatic carbocycles. The van der Waals surface area contributed by atoms with Gasteiger partial charge < -0.3 is 4.90 Å². The molecule has 8 heteroatoms. The molecule has 2 aliphatic rings. The number of hydrogen-bond donors (Lipinski definition) is 0. The van der Waals surface area contributed by atoms with Crippen molar-refractivity contribution in [2.75, 3.05) is 13.1 Å². The van der Waals surface area contributed by atoms with Crippen LogP contribution in [0.1, 0.15) is 53.5 Å². The average molecular weight is 350 g/mol. The average Bonchev–Trinajstić information content (AvgIpc) is 3.15. The lowest BCUT2D eigenvalue weighted by atomic mass is 10.0. The number of hydrogen-bond acceptors (Lipinski definition) is 3. The Bertz CT molecular complexity index is 792. The van der Waals surface area contributed by atoms with Crippen molar-refractivity contribution >= 4 is 5.91 Å². The molecule has 1 fully saturated rings. The maximum atomic E-state index is 14.3. The Hall–Kier alpha value is -2.38. The summed E-state index contributed by atoms with van der Waals surface area (Å²) in [5.41, 5.74) is 0.873. The van der Waals surface area contributed by atoms with Crippen LogP contribution in [0.2, 0.25) is 0 Å². The molecule has 0 radical (unpaired) electrons. The van der Waals surface area contributed by atoms with Crippen LogP contribution in [-0.4, -0.2) is 44.6 Å². The van der Waals surface area contributed by atoms with Crippen LogP contribution in [0.15, 0.2) is 30.3 Å². The fourth-order valence-electron chi connectivity index (χ4n) is 3.50. The minimum atomic E-state index is -2.90. The standard InChI is InChI=1S/C17H17F3N4O/c18-12-9-13(11-5-2-1-3-6-11)24-15(12)21-14(22-24)16(25)23-8-4-7-17(19,20)10-23/h1-3,5-6,12-13H,4,7-10H2. The number of rotatable bonds is 2. The summed E-state index contributed by atoms with van der Waals surface area (Å²) in [6.45, 7) is -0.406. The Labute approximate surface area is 142 Å². The molecule has 1 amide bonds. The summed E-state index contributed by atoms with van der Waals surface area (Å²) in [4.78, 5) is 17.5. The van der Waals surface area contributed by atoms with Crippen LogP contribution in [0, 0.1) is 0 Å². The van der Waals surface area contributed by atoms with E-state index < -0.39 is 24.5 Å². The number of carbonyl (C=O) groups is 1. The molecule has 25 heavy (non-hydrogen) atoms. The van der Waals surface area contributed by atoms with Crippen LogP contribution in [0.25, 0.3) is 0 Å². The molecule has 2 atom stereocenters. The highest BCUT2D eigenvalue weighted by atomic mass is 19.3. The molecular formula is C17H17F3N4O. The van der Waals surface area contributed by atoms with Gasteiger partial charge in [0.15, 0.2) is 12.0 Å². The second-order valence-electron chi connectivity index (χ2n) is 6.55. The van der Waals surface area contributed by atoms with Crippen LogP contribution in [0.4, 0.5) is 13.2 Å². The summed E-state index contributed by atoms with van der Waals surface area (Å²) >= 11 is 0. The molecule has 5 nitrogen and oxygen atoms in total. The molecule has 0 N–H and O–H groups in total. The van der Waals surface area contributed by atoms with Gasteiger partial charge >= 0.3 is 0 Å². The van der Waals surface area contributed by atoms with Crippen LogP contribution < -0.4 is 0 Å². The van der Waals surface area contributed by atoms with Gasteiger partial charge in [-0.05, 0) is 12.0 Å². The number of aromatic nitrogens is 3. The van der Waals surface area contributed by atoms with E-state index in [0.717, 1.165) is 10.5 Å². The zero-order valence-corrected chi connectivity index (χ0v) is 13.4. The third kappa shape index (κ3) is 2.89. The number of fused-ring (bicyclic) bond motifs is 1. The summed E-state index contributed by atoms with van der Waals surface area (Å²) in [5.74, 6) is -3.69. The van der Waals surface area contributed by atoms with Crippen molar-refractivity contribution < 1.29 is 18.0 Å². The second-order valence-corrected chi connectivity index (χ2v) is 6.55. The third-order valence-electron chi connectivity index (χ3n) is 4.72. The number of benzene rings is 1. The lowest BCUT2D eigenvalue weighted by Gasteiger charge is -2.31. The molecule has 132 valence electrons. The van der Waals surface area contributed by atoms with Crippen LogP contribution in [0.5, 0.6) is 0 Å². The molecule has 2 unspecified atom stereocenters. The maximum absolute atomic E-state index is 14.3. The van der Waals surface area contributed by atoms with Crippen molar-refractivity contribution in [2.45, 2.75) is 37.4 Å². The van der Waals surface area contributed by atoms with Gasteiger partial charge in [0.25, 0.3) is 11.8 Å². The molecule has 1 aromatic carbocycles. The maximum Gasteiger partial charge on any atom is 0.293 e. The fourth-order valence-corrected chi connectivity index (χ4v) is 3.50. The quantitative estimate of drug-likeness (QED) is 0.836. The van der Waals surface area contributed by atoms with Gasteiger partial charge in [-0.25, -0.2) is 22.8 Å². The minimum absolute atomic E-state index is 0.0842. The first-order valence-corrected chi connectivity index (χ1v) is 8.27. The van der Waals surface area contributed by atoms with Crippen molar-refractivity contribution in [2.24, 2.45) is 0 Å². The molecule has 2 aliphatic heterocycles. The van der Waals surface area contributed by atoms with E-state index in [0.29, 0.717) is 0 Å². The zero-order valence-electron chi connectivity index (χ0n) is 13.4. The largest absolute Gasteiger partial charge is 0.330 e. The van der Waals surface area contributed by atoms with Crippen molar-refractivity contribution in [3.63, 3.8) is 0 Å². The molecule has 1 saturated heterocycles. The summed E-state index contributed by atoms with van der Waals surface area (Å²) in [7, 11) is 0. The summed E-state index contributed by atoms with van der Waals surface area (Å²) in [6.07, 6.45) is -1.13. The normalized spacial score (nSPS) is 25.0. The van der Waals surface area contributed by atoms with Crippen molar-refractivity contribution in [3.8, 4) is 0 Å². The molecule has 1 aromatic heterocycles. The number of likely N-dealkylation sites (tertiary alicyclic amines) is 1. The van der Waals surface area contributed by atoms with E-state index in [1.54, 1.807) is 0 Å². The van der Waals surface area contributed by atoms with Crippen LogP contribution in [-0.2, 0) is 0 Å². The van der Waals surface area contributed by atoms with Crippen molar-refractivity contribution in [1.29, 1.82) is 0 Å². The predicted molar refractivity (Wildman–Crippen MR) is 83.2 cm³/mol. The van der Waals surface area contributed by atoms with Gasteiger partial charge in [0.05, 0.1) is 12.6 Å². The van der Waals surface area contributed by atoms with Gasteiger partial charge in [0.1, 0.15) is 0 Å². The number of piperidine rings is 1. The molecular weight excluding hydrogens is 333 g/mol. The van der Waals surface area contributed by atoms with E-state index in [9.17, 15) is 18.0 Å². The third-order valence-corrected chi connectivity index (χ3v) is 4.72. The fraction of sp³-hybridized carbons (Fsp3) is 0.471. The summed E-state index contributed by atoms with van der Waals surface area (Å²) < 4.78 is 42.8. The first-order valence-electron chi connectivity index (χ1n) is 8.27. The number of amides is 1. The Kier molecular flexibility index (Phi) is 3.77. The van der Waals surface area contributed by atoms with E-state index in [1.807, 2.05) is 30.3 Å². The van der Waals surface area contributed by atoms with Crippen LogP contribution in [0.3, 0.4) is 0 Å². The molecule has 0 saturated carbocycles. The first kappa shape index (κ1) is 16.1. The van der Waals surface area contributed by atoms with E-state index in [1.165, 1.54) is 4.68 Å².